The number of unbranched alkanes of at least 4 members (excludes halogenated alkanes) is 1. The van der Waals surface area contributed by atoms with Crippen molar-refractivity contribution in [3.05, 3.63) is 59.0 Å². The van der Waals surface area contributed by atoms with Crippen LogP contribution in [-0.2, 0) is 6.54 Å². The molecule has 0 radical (unpaired) electrons. The summed E-state index contributed by atoms with van der Waals surface area (Å²) in [5.74, 6) is 1.23. The van der Waals surface area contributed by atoms with E-state index in [0.717, 1.165) is 25.0 Å². The fraction of sp³-hybridized carbons (Fsp3) is 0.389. The van der Waals surface area contributed by atoms with Crippen molar-refractivity contribution >= 4 is 0 Å². The Hall–Kier alpha value is -2.27. The molecular weight excluding hydrogens is 292 g/mol. The van der Waals surface area contributed by atoms with E-state index >= 15 is 0 Å². The number of nitrogens with zero attached hydrogens (tertiary/aromatic N) is 1. The summed E-state index contributed by atoms with van der Waals surface area (Å²) >= 11 is 0. The minimum absolute atomic E-state index is 0.0894. The highest BCUT2D eigenvalue weighted by Crippen LogP contribution is 2.09. The van der Waals surface area contributed by atoms with E-state index in [2.05, 4.69) is 0 Å². The summed E-state index contributed by atoms with van der Waals surface area (Å²) in [5.41, 5.74) is 5.38. The maximum absolute atomic E-state index is 12.2. The number of ether oxygens (including phenoxy) is 2. The molecule has 1 aromatic carbocycles. The normalized spacial score (nSPS) is 10.5. The van der Waals surface area contributed by atoms with Gasteiger partial charge in [-0.1, -0.05) is 18.2 Å². The van der Waals surface area contributed by atoms with Gasteiger partial charge in [0.2, 0.25) is 0 Å². The number of aromatic nitrogens is 1. The topological polar surface area (TPSA) is 66.5 Å². The molecule has 0 amide bonds. The van der Waals surface area contributed by atoms with Gasteiger partial charge in [-0.05, 0) is 43.7 Å². The third-order valence-electron chi connectivity index (χ3n) is 3.40. The lowest BCUT2D eigenvalue weighted by molar-refractivity contribution is 0.244. The van der Waals surface area contributed by atoms with E-state index in [1.54, 1.807) is 16.8 Å². The molecule has 1 heterocycles. The second kappa shape index (κ2) is 9.69. The van der Waals surface area contributed by atoms with Crippen LogP contribution in [0.3, 0.4) is 0 Å². The highest BCUT2D eigenvalue weighted by molar-refractivity contribution is 5.20. The summed E-state index contributed by atoms with van der Waals surface area (Å²) < 4.78 is 12.8. The number of para-hydroxylation sites is 1. The highest BCUT2D eigenvalue weighted by Gasteiger charge is 2.04. The SMILES string of the molecule is NCCCCn1cccc(OCCCOc2ccccc2)c1=O. The predicted octanol–water partition coefficient (Wildman–Crippen LogP) is 2.44. The Morgan fingerprint density at radius 3 is 2.48 bits per heavy atom. The van der Waals surface area contributed by atoms with Gasteiger partial charge in [-0.25, -0.2) is 0 Å². The molecule has 1 aromatic heterocycles. The molecule has 0 saturated heterocycles. The van der Waals surface area contributed by atoms with E-state index in [1.807, 2.05) is 36.4 Å². The third kappa shape index (κ3) is 5.79. The fourth-order valence-corrected chi connectivity index (χ4v) is 2.18. The summed E-state index contributed by atoms with van der Waals surface area (Å²) in [7, 11) is 0. The average Bonchev–Trinajstić information content (AvgIpc) is 2.58. The van der Waals surface area contributed by atoms with Crippen LogP contribution in [0.15, 0.2) is 53.5 Å². The van der Waals surface area contributed by atoms with Gasteiger partial charge in [0, 0.05) is 19.2 Å². The van der Waals surface area contributed by atoms with Gasteiger partial charge in [0.05, 0.1) is 13.2 Å². The molecule has 2 rings (SSSR count). The Kier molecular flexibility index (Phi) is 7.20. The molecule has 2 N–H and O–H groups in total. The molecule has 124 valence electrons. The van der Waals surface area contributed by atoms with Crippen LogP contribution in [0.5, 0.6) is 11.5 Å². The van der Waals surface area contributed by atoms with Crippen LogP contribution < -0.4 is 20.8 Å². The lowest BCUT2D eigenvalue weighted by Gasteiger charge is -2.10. The summed E-state index contributed by atoms with van der Waals surface area (Å²) in [5, 5.41) is 0. The summed E-state index contributed by atoms with van der Waals surface area (Å²) in [4.78, 5) is 12.2. The van der Waals surface area contributed by atoms with Gasteiger partial charge in [-0.15, -0.1) is 0 Å². The summed E-state index contributed by atoms with van der Waals surface area (Å²) in [6.45, 7) is 2.33. The Labute approximate surface area is 136 Å². The Bertz CT molecular complexity index is 626. The van der Waals surface area contributed by atoms with E-state index in [-0.39, 0.29) is 5.56 Å². The average molecular weight is 316 g/mol. The highest BCUT2D eigenvalue weighted by atomic mass is 16.5. The zero-order valence-electron chi connectivity index (χ0n) is 13.3. The lowest BCUT2D eigenvalue weighted by atomic mass is 10.3. The monoisotopic (exact) mass is 316 g/mol. The second-order valence-electron chi connectivity index (χ2n) is 5.23. The Morgan fingerprint density at radius 1 is 0.913 bits per heavy atom. The van der Waals surface area contributed by atoms with Crippen molar-refractivity contribution in [1.29, 1.82) is 0 Å². The van der Waals surface area contributed by atoms with Crippen molar-refractivity contribution in [2.24, 2.45) is 5.73 Å². The molecule has 5 nitrogen and oxygen atoms in total. The van der Waals surface area contributed by atoms with Gasteiger partial charge < -0.3 is 19.8 Å². The zero-order chi connectivity index (χ0) is 16.3. The quantitative estimate of drug-likeness (QED) is 0.684. The van der Waals surface area contributed by atoms with Crippen LogP contribution in [0.2, 0.25) is 0 Å². The van der Waals surface area contributed by atoms with Crippen LogP contribution >= 0.6 is 0 Å². The van der Waals surface area contributed by atoms with Crippen molar-refractivity contribution in [2.45, 2.75) is 25.8 Å². The molecule has 0 saturated carbocycles. The van der Waals surface area contributed by atoms with Crippen molar-refractivity contribution < 1.29 is 9.47 Å². The minimum atomic E-state index is -0.0894. The maximum Gasteiger partial charge on any atom is 0.292 e. The molecule has 0 bridgehead atoms. The van der Waals surface area contributed by atoms with Crippen LogP contribution in [0.25, 0.3) is 0 Å². The van der Waals surface area contributed by atoms with E-state index in [0.29, 0.717) is 32.1 Å². The molecule has 0 aliphatic carbocycles. The fourth-order valence-electron chi connectivity index (χ4n) is 2.18. The number of benzene rings is 1. The van der Waals surface area contributed by atoms with Crippen molar-refractivity contribution in [2.75, 3.05) is 19.8 Å². The van der Waals surface area contributed by atoms with Crippen molar-refractivity contribution in [1.82, 2.24) is 4.57 Å². The first kappa shape index (κ1) is 17.1. The molecule has 0 aliphatic heterocycles. The molecule has 2 aromatic rings. The van der Waals surface area contributed by atoms with Crippen LogP contribution in [0.1, 0.15) is 19.3 Å². The molecule has 5 heteroatoms. The van der Waals surface area contributed by atoms with Crippen molar-refractivity contribution in [3.8, 4) is 11.5 Å². The first-order valence-corrected chi connectivity index (χ1v) is 8.01. The Balaban J connectivity index is 1.75. The third-order valence-corrected chi connectivity index (χ3v) is 3.40. The smallest absolute Gasteiger partial charge is 0.292 e. The van der Waals surface area contributed by atoms with Gasteiger partial charge >= 0.3 is 0 Å². The minimum Gasteiger partial charge on any atom is -0.493 e. The molecule has 0 unspecified atom stereocenters. The van der Waals surface area contributed by atoms with Gasteiger partial charge in [0.15, 0.2) is 5.75 Å². The van der Waals surface area contributed by atoms with Gasteiger partial charge in [-0.3, -0.25) is 4.79 Å². The van der Waals surface area contributed by atoms with E-state index < -0.39 is 0 Å². The first-order chi connectivity index (χ1) is 11.3. The van der Waals surface area contributed by atoms with Gasteiger partial charge in [0.1, 0.15) is 5.75 Å². The van der Waals surface area contributed by atoms with Gasteiger partial charge in [0.25, 0.3) is 5.56 Å². The summed E-state index contributed by atoms with van der Waals surface area (Å²) in [6.07, 6.45) is 4.31. The van der Waals surface area contributed by atoms with Crippen LogP contribution in [0.4, 0.5) is 0 Å². The molecule has 0 aliphatic rings. The lowest BCUT2D eigenvalue weighted by Crippen LogP contribution is -2.22. The second-order valence-corrected chi connectivity index (χ2v) is 5.23. The van der Waals surface area contributed by atoms with Gasteiger partial charge in [-0.2, -0.15) is 0 Å². The molecule has 0 atom stereocenters. The van der Waals surface area contributed by atoms with E-state index in [4.69, 9.17) is 15.2 Å². The number of pyridine rings is 1. The standard InChI is InChI=1S/C18H24N2O3/c19-11-4-5-12-20-13-6-10-17(18(20)21)23-15-7-14-22-16-8-2-1-3-9-16/h1-3,6,8-10,13H,4-5,7,11-12,14-15,19H2. The van der Waals surface area contributed by atoms with Crippen molar-refractivity contribution in [3.63, 3.8) is 0 Å². The molecule has 0 fully saturated rings. The van der Waals surface area contributed by atoms with E-state index in [9.17, 15) is 4.79 Å². The first-order valence-electron chi connectivity index (χ1n) is 8.01. The number of nitrogens with two attached hydrogens (primary N) is 1. The van der Waals surface area contributed by atoms with Crippen LogP contribution in [0, 0.1) is 0 Å². The summed E-state index contributed by atoms with van der Waals surface area (Å²) in [6, 6.07) is 13.2. The van der Waals surface area contributed by atoms with E-state index in [1.165, 1.54) is 0 Å². The molecular formula is C18H24N2O3. The maximum atomic E-state index is 12.2. The van der Waals surface area contributed by atoms with Crippen LogP contribution in [-0.4, -0.2) is 24.3 Å². The zero-order valence-corrected chi connectivity index (χ0v) is 13.3. The Morgan fingerprint density at radius 2 is 1.70 bits per heavy atom. The largest absolute Gasteiger partial charge is 0.493 e. The molecule has 0 spiro atoms. The number of aryl methyl sites for hydroxylation is 1. The molecule has 23 heavy (non-hydrogen) atoms. The number of hydrogen-bond acceptors (Lipinski definition) is 4. The number of rotatable bonds is 10. The predicted molar refractivity (Wildman–Crippen MR) is 91.0 cm³/mol. The number of hydrogen-bond donors (Lipinski definition) is 1.